The zero-order chi connectivity index (χ0) is 19.1. The van der Waals surface area contributed by atoms with Gasteiger partial charge in [-0.05, 0) is 55.4 Å². The summed E-state index contributed by atoms with van der Waals surface area (Å²) >= 11 is 0. The third kappa shape index (κ3) is 5.97. The molecule has 26 heavy (non-hydrogen) atoms. The smallest absolute Gasteiger partial charge is 0.238 e. The standard InChI is InChI=1S/C20H24FN3O2/c1-4-19(25)22-17-9-10-18(14(2)11-17)23-20(26)13-24(3)12-15-5-7-16(21)8-6-15/h5-11H,4,12-13H2,1-3H3,(H,22,25)(H,23,26). The molecule has 0 heterocycles. The molecule has 2 rings (SSSR count). The van der Waals surface area contributed by atoms with Gasteiger partial charge in [0, 0.05) is 24.3 Å². The molecule has 0 aliphatic heterocycles. The lowest BCUT2D eigenvalue weighted by Crippen LogP contribution is -2.30. The van der Waals surface area contributed by atoms with Crippen LogP contribution in [0.3, 0.4) is 0 Å². The van der Waals surface area contributed by atoms with Crippen LogP contribution in [0.2, 0.25) is 0 Å². The number of likely N-dealkylation sites (N-methyl/N-ethyl adjacent to an activating group) is 1. The normalized spacial score (nSPS) is 10.7. The summed E-state index contributed by atoms with van der Waals surface area (Å²) in [5.41, 5.74) is 3.22. The number of hydrogen-bond donors (Lipinski definition) is 2. The number of anilines is 2. The van der Waals surface area contributed by atoms with Crippen LogP contribution in [0.1, 0.15) is 24.5 Å². The Balaban J connectivity index is 1.90. The molecule has 0 aliphatic rings. The monoisotopic (exact) mass is 357 g/mol. The van der Waals surface area contributed by atoms with Crippen molar-refractivity contribution in [1.29, 1.82) is 0 Å². The van der Waals surface area contributed by atoms with E-state index in [0.29, 0.717) is 24.3 Å². The predicted molar refractivity (Wildman–Crippen MR) is 101 cm³/mol. The number of benzene rings is 2. The van der Waals surface area contributed by atoms with Crippen molar-refractivity contribution < 1.29 is 14.0 Å². The van der Waals surface area contributed by atoms with E-state index in [2.05, 4.69) is 10.6 Å². The molecule has 138 valence electrons. The Hall–Kier alpha value is -2.73. The average molecular weight is 357 g/mol. The second kappa shape index (κ2) is 9.10. The summed E-state index contributed by atoms with van der Waals surface area (Å²) in [6, 6.07) is 11.6. The van der Waals surface area contributed by atoms with Gasteiger partial charge in [-0.25, -0.2) is 4.39 Å². The number of carbonyl (C=O) groups excluding carboxylic acids is 2. The Kier molecular flexibility index (Phi) is 6.86. The molecule has 2 amide bonds. The Morgan fingerprint density at radius 2 is 1.73 bits per heavy atom. The van der Waals surface area contributed by atoms with Crippen LogP contribution >= 0.6 is 0 Å². The molecule has 0 radical (unpaired) electrons. The van der Waals surface area contributed by atoms with Crippen LogP contribution in [0.25, 0.3) is 0 Å². The Morgan fingerprint density at radius 3 is 2.35 bits per heavy atom. The fraction of sp³-hybridized carbons (Fsp3) is 0.300. The number of rotatable bonds is 7. The number of carbonyl (C=O) groups is 2. The molecule has 0 aromatic heterocycles. The lowest BCUT2D eigenvalue weighted by atomic mass is 10.1. The summed E-state index contributed by atoms with van der Waals surface area (Å²) in [5, 5.41) is 5.67. The van der Waals surface area contributed by atoms with Gasteiger partial charge in [-0.3, -0.25) is 14.5 Å². The van der Waals surface area contributed by atoms with Crippen molar-refractivity contribution in [3.05, 3.63) is 59.4 Å². The van der Waals surface area contributed by atoms with E-state index >= 15 is 0 Å². The highest BCUT2D eigenvalue weighted by Crippen LogP contribution is 2.20. The van der Waals surface area contributed by atoms with Gasteiger partial charge in [-0.15, -0.1) is 0 Å². The minimum atomic E-state index is -0.275. The molecule has 0 bridgehead atoms. The minimum Gasteiger partial charge on any atom is -0.326 e. The maximum Gasteiger partial charge on any atom is 0.238 e. The lowest BCUT2D eigenvalue weighted by molar-refractivity contribution is -0.117. The maximum atomic E-state index is 12.9. The topological polar surface area (TPSA) is 61.4 Å². The number of amides is 2. The molecule has 0 spiro atoms. The summed E-state index contributed by atoms with van der Waals surface area (Å²) in [6.07, 6.45) is 0.415. The van der Waals surface area contributed by atoms with E-state index in [1.807, 2.05) is 24.9 Å². The van der Waals surface area contributed by atoms with Crippen molar-refractivity contribution in [3.63, 3.8) is 0 Å². The van der Waals surface area contributed by atoms with Crippen LogP contribution in [-0.2, 0) is 16.1 Å². The molecule has 2 N–H and O–H groups in total. The van der Waals surface area contributed by atoms with Crippen LogP contribution in [0.15, 0.2) is 42.5 Å². The molecule has 0 fully saturated rings. The fourth-order valence-electron chi connectivity index (χ4n) is 2.52. The van der Waals surface area contributed by atoms with Crippen molar-refractivity contribution in [2.24, 2.45) is 0 Å². The predicted octanol–water partition coefficient (Wildman–Crippen LogP) is 3.55. The molecule has 2 aromatic carbocycles. The van der Waals surface area contributed by atoms with Gasteiger partial charge in [0.25, 0.3) is 0 Å². The van der Waals surface area contributed by atoms with E-state index in [1.54, 1.807) is 31.2 Å². The Bertz CT molecular complexity index is 775. The molecule has 0 atom stereocenters. The third-order valence-electron chi connectivity index (χ3n) is 3.88. The van der Waals surface area contributed by atoms with Crippen LogP contribution in [0.4, 0.5) is 15.8 Å². The molecule has 0 saturated carbocycles. The van der Waals surface area contributed by atoms with E-state index < -0.39 is 0 Å². The first-order chi connectivity index (χ1) is 12.4. The highest BCUT2D eigenvalue weighted by molar-refractivity contribution is 5.94. The van der Waals surface area contributed by atoms with Crippen LogP contribution < -0.4 is 10.6 Å². The second-order valence-corrected chi connectivity index (χ2v) is 6.28. The van der Waals surface area contributed by atoms with Gasteiger partial charge >= 0.3 is 0 Å². The van der Waals surface area contributed by atoms with Gasteiger partial charge in [-0.2, -0.15) is 0 Å². The van der Waals surface area contributed by atoms with E-state index in [-0.39, 0.29) is 24.2 Å². The van der Waals surface area contributed by atoms with Gasteiger partial charge in [0.15, 0.2) is 0 Å². The number of aryl methyl sites for hydroxylation is 1. The lowest BCUT2D eigenvalue weighted by Gasteiger charge is -2.17. The van der Waals surface area contributed by atoms with Crippen molar-refractivity contribution in [2.45, 2.75) is 26.8 Å². The summed E-state index contributed by atoms with van der Waals surface area (Å²) in [6.45, 7) is 4.43. The van der Waals surface area contributed by atoms with Crippen molar-refractivity contribution in [3.8, 4) is 0 Å². The summed E-state index contributed by atoms with van der Waals surface area (Å²) in [4.78, 5) is 25.5. The van der Waals surface area contributed by atoms with Crippen molar-refractivity contribution in [2.75, 3.05) is 24.2 Å². The van der Waals surface area contributed by atoms with Crippen LogP contribution in [0.5, 0.6) is 0 Å². The molecule has 0 saturated heterocycles. The highest BCUT2D eigenvalue weighted by atomic mass is 19.1. The van der Waals surface area contributed by atoms with E-state index in [9.17, 15) is 14.0 Å². The average Bonchev–Trinajstić information content (AvgIpc) is 2.59. The first kappa shape index (κ1) is 19.6. The molecule has 5 nitrogen and oxygen atoms in total. The van der Waals surface area contributed by atoms with Gasteiger partial charge in [-0.1, -0.05) is 19.1 Å². The zero-order valence-corrected chi connectivity index (χ0v) is 15.3. The second-order valence-electron chi connectivity index (χ2n) is 6.28. The summed E-state index contributed by atoms with van der Waals surface area (Å²) in [5.74, 6) is -0.463. The molecule has 2 aromatic rings. The first-order valence-electron chi connectivity index (χ1n) is 8.50. The maximum absolute atomic E-state index is 12.9. The minimum absolute atomic E-state index is 0.0522. The highest BCUT2D eigenvalue weighted by Gasteiger charge is 2.10. The third-order valence-corrected chi connectivity index (χ3v) is 3.88. The molecular formula is C20H24FN3O2. The molecular weight excluding hydrogens is 333 g/mol. The Labute approximate surface area is 153 Å². The zero-order valence-electron chi connectivity index (χ0n) is 15.3. The number of halogens is 1. The molecule has 0 aliphatic carbocycles. The van der Waals surface area contributed by atoms with Crippen LogP contribution in [-0.4, -0.2) is 30.3 Å². The van der Waals surface area contributed by atoms with Gasteiger partial charge < -0.3 is 10.6 Å². The first-order valence-corrected chi connectivity index (χ1v) is 8.50. The summed E-state index contributed by atoms with van der Waals surface area (Å²) in [7, 11) is 1.83. The SMILES string of the molecule is CCC(=O)Nc1ccc(NC(=O)CN(C)Cc2ccc(F)cc2)c(C)c1. The van der Waals surface area contributed by atoms with Crippen molar-refractivity contribution >= 4 is 23.2 Å². The van der Waals surface area contributed by atoms with E-state index in [1.165, 1.54) is 12.1 Å². The molecule has 6 heteroatoms. The van der Waals surface area contributed by atoms with E-state index in [0.717, 1.165) is 11.1 Å². The number of nitrogens with one attached hydrogen (secondary N) is 2. The van der Waals surface area contributed by atoms with Crippen LogP contribution in [0, 0.1) is 12.7 Å². The van der Waals surface area contributed by atoms with Crippen molar-refractivity contribution in [1.82, 2.24) is 4.90 Å². The summed E-state index contributed by atoms with van der Waals surface area (Å²) < 4.78 is 12.9. The van der Waals surface area contributed by atoms with E-state index in [4.69, 9.17) is 0 Å². The van der Waals surface area contributed by atoms with Gasteiger partial charge in [0.2, 0.25) is 11.8 Å². The number of hydrogen-bond acceptors (Lipinski definition) is 3. The molecule has 0 unspecified atom stereocenters. The fourth-order valence-corrected chi connectivity index (χ4v) is 2.52. The Morgan fingerprint density at radius 1 is 1.04 bits per heavy atom. The quantitative estimate of drug-likeness (QED) is 0.797. The largest absolute Gasteiger partial charge is 0.326 e. The number of nitrogens with zero attached hydrogens (tertiary/aromatic N) is 1. The van der Waals surface area contributed by atoms with Gasteiger partial charge in [0.05, 0.1) is 6.54 Å². The van der Waals surface area contributed by atoms with Gasteiger partial charge in [0.1, 0.15) is 5.82 Å².